The molecule has 1 N–H and O–H groups in total. The molecule has 5 nitrogen and oxygen atoms in total. The minimum Gasteiger partial charge on any atom is -0.311 e. The van der Waals surface area contributed by atoms with Crippen molar-refractivity contribution in [2.45, 2.75) is 18.2 Å². The third kappa shape index (κ3) is 3.31. The average Bonchev–Trinajstić information content (AvgIpc) is 2.99. The SMILES string of the molecule is Cc1cc(S(=O)(=O)NCC(=O)N2CCc3ccccc32)ccc1Cl. The molecule has 3 rings (SSSR count). The number of halogens is 1. The average molecular weight is 365 g/mol. The highest BCUT2D eigenvalue weighted by Crippen LogP contribution is 2.27. The molecular weight excluding hydrogens is 348 g/mol. The second-order valence-corrected chi connectivity index (χ2v) is 7.83. The van der Waals surface area contributed by atoms with Crippen molar-refractivity contribution < 1.29 is 13.2 Å². The quantitative estimate of drug-likeness (QED) is 0.906. The normalized spacial score (nSPS) is 13.8. The van der Waals surface area contributed by atoms with Gasteiger partial charge in [0, 0.05) is 17.3 Å². The van der Waals surface area contributed by atoms with E-state index in [1.165, 1.54) is 18.2 Å². The molecule has 1 aliphatic rings. The molecule has 0 unspecified atom stereocenters. The Morgan fingerprint density at radius 1 is 1.25 bits per heavy atom. The summed E-state index contributed by atoms with van der Waals surface area (Å²) in [6, 6.07) is 12.1. The van der Waals surface area contributed by atoms with E-state index in [0.717, 1.165) is 17.7 Å². The first-order chi connectivity index (χ1) is 11.4. The predicted molar refractivity (Wildman–Crippen MR) is 93.9 cm³/mol. The molecule has 1 heterocycles. The van der Waals surface area contributed by atoms with Gasteiger partial charge in [0.1, 0.15) is 0 Å². The monoisotopic (exact) mass is 364 g/mol. The lowest BCUT2D eigenvalue weighted by molar-refractivity contribution is -0.117. The minimum absolute atomic E-state index is 0.0963. The molecular formula is C17H17ClN2O3S. The number of hydrogen-bond donors (Lipinski definition) is 1. The maximum atomic E-state index is 12.4. The molecule has 0 saturated heterocycles. The van der Waals surface area contributed by atoms with E-state index in [0.29, 0.717) is 17.1 Å². The van der Waals surface area contributed by atoms with Crippen LogP contribution in [-0.4, -0.2) is 27.4 Å². The van der Waals surface area contributed by atoms with Gasteiger partial charge >= 0.3 is 0 Å². The molecule has 126 valence electrons. The number of para-hydroxylation sites is 1. The Bertz CT molecular complexity index is 896. The van der Waals surface area contributed by atoms with Crippen LogP contribution in [0.2, 0.25) is 5.02 Å². The van der Waals surface area contributed by atoms with Crippen molar-refractivity contribution in [3.05, 3.63) is 58.6 Å². The number of carbonyl (C=O) groups is 1. The number of amides is 1. The van der Waals surface area contributed by atoms with Crippen molar-refractivity contribution in [1.82, 2.24) is 4.72 Å². The summed E-state index contributed by atoms with van der Waals surface area (Å²) >= 11 is 5.92. The standard InChI is InChI=1S/C17H17ClN2O3S/c1-12-10-14(6-7-15(12)18)24(22,23)19-11-17(21)20-9-8-13-4-2-3-5-16(13)20/h2-7,10,19H,8-9,11H2,1H3. The first-order valence-corrected chi connectivity index (χ1v) is 9.39. The lowest BCUT2D eigenvalue weighted by Gasteiger charge is -2.17. The Labute approximate surface area is 146 Å². The van der Waals surface area contributed by atoms with E-state index in [4.69, 9.17) is 11.6 Å². The highest BCUT2D eigenvalue weighted by Gasteiger charge is 2.25. The van der Waals surface area contributed by atoms with Crippen LogP contribution in [0.25, 0.3) is 0 Å². The molecule has 0 spiro atoms. The van der Waals surface area contributed by atoms with Crippen molar-refractivity contribution >= 4 is 33.2 Å². The predicted octanol–water partition coefficient (Wildman–Crippen LogP) is 2.52. The number of sulfonamides is 1. The Morgan fingerprint density at radius 3 is 2.75 bits per heavy atom. The zero-order valence-electron chi connectivity index (χ0n) is 13.1. The Kier molecular flexibility index (Phi) is 4.62. The van der Waals surface area contributed by atoms with Crippen LogP contribution in [0.3, 0.4) is 0 Å². The maximum Gasteiger partial charge on any atom is 0.242 e. The van der Waals surface area contributed by atoms with Crippen LogP contribution in [0, 0.1) is 6.92 Å². The summed E-state index contributed by atoms with van der Waals surface area (Å²) in [5.41, 5.74) is 2.62. The second-order valence-electron chi connectivity index (χ2n) is 5.66. The number of nitrogens with one attached hydrogen (secondary N) is 1. The van der Waals surface area contributed by atoms with Crippen LogP contribution in [0.4, 0.5) is 5.69 Å². The third-order valence-corrected chi connectivity index (χ3v) is 5.86. The molecule has 1 amide bonds. The number of benzene rings is 2. The summed E-state index contributed by atoms with van der Waals surface area (Å²) in [4.78, 5) is 14.1. The van der Waals surface area contributed by atoms with Crippen molar-refractivity contribution in [3.8, 4) is 0 Å². The molecule has 0 bridgehead atoms. The highest BCUT2D eigenvalue weighted by atomic mass is 35.5. The van der Waals surface area contributed by atoms with Gasteiger partial charge in [-0.1, -0.05) is 29.8 Å². The van der Waals surface area contributed by atoms with Gasteiger partial charge in [-0.3, -0.25) is 4.79 Å². The Hall–Kier alpha value is -1.89. The summed E-state index contributed by atoms with van der Waals surface area (Å²) in [6.45, 7) is 2.02. The van der Waals surface area contributed by atoms with Crippen LogP contribution in [0.15, 0.2) is 47.4 Å². The smallest absolute Gasteiger partial charge is 0.242 e. The number of nitrogens with zero attached hydrogens (tertiary/aromatic N) is 1. The fraction of sp³-hybridized carbons (Fsp3) is 0.235. The van der Waals surface area contributed by atoms with E-state index in [-0.39, 0.29) is 17.3 Å². The van der Waals surface area contributed by atoms with Gasteiger partial charge in [0.05, 0.1) is 11.4 Å². The van der Waals surface area contributed by atoms with Crippen molar-refractivity contribution in [2.24, 2.45) is 0 Å². The van der Waals surface area contributed by atoms with Gasteiger partial charge in [0.2, 0.25) is 15.9 Å². The van der Waals surface area contributed by atoms with Crippen molar-refractivity contribution in [1.29, 1.82) is 0 Å². The molecule has 0 aliphatic carbocycles. The van der Waals surface area contributed by atoms with E-state index in [1.54, 1.807) is 11.8 Å². The van der Waals surface area contributed by atoms with E-state index < -0.39 is 10.0 Å². The number of fused-ring (bicyclic) bond motifs is 1. The molecule has 0 fully saturated rings. The van der Waals surface area contributed by atoms with Gasteiger partial charge < -0.3 is 4.90 Å². The van der Waals surface area contributed by atoms with Gasteiger partial charge in [-0.15, -0.1) is 0 Å². The number of rotatable bonds is 4. The summed E-state index contributed by atoms with van der Waals surface area (Å²) < 4.78 is 27.0. The van der Waals surface area contributed by atoms with Crippen LogP contribution in [0.1, 0.15) is 11.1 Å². The molecule has 0 atom stereocenters. The van der Waals surface area contributed by atoms with Crippen molar-refractivity contribution in [3.63, 3.8) is 0 Å². The molecule has 0 saturated carbocycles. The number of hydrogen-bond acceptors (Lipinski definition) is 3. The van der Waals surface area contributed by atoms with Gasteiger partial charge in [0.15, 0.2) is 0 Å². The molecule has 0 radical (unpaired) electrons. The first kappa shape index (κ1) is 17.0. The van der Waals surface area contributed by atoms with E-state index in [9.17, 15) is 13.2 Å². The van der Waals surface area contributed by atoms with E-state index in [2.05, 4.69) is 4.72 Å². The molecule has 2 aromatic rings. The summed E-state index contributed by atoms with van der Waals surface area (Å²) in [5.74, 6) is -0.269. The topological polar surface area (TPSA) is 66.5 Å². The van der Waals surface area contributed by atoms with Crippen LogP contribution >= 0.6 is 11.6 Å². The first-order valence-electron chi connectivity index (χ1n) is 7.52. The van der Waals surface area contributed by atoms with Crippen LogP contribution < -0.4 is 9.62 Å². The Balaban J connectivity index is 1.71. The van der Waals surface area contributed by atoms with Gasteiger partial charge in [-0.25, -0.2) is 13.1 Å². The number of aryl methyl sites for hydroxylation is 1. The van der Waals surface area contributed by atoms with Crippen LogP contribution in [0.5, 0.6) is 0 Å². The summed E-state index contributed by atoms with van der Waals surface area (Å²) in [6.07, 6.45) is 0.783. The molecule has 24 heavy (non-hydrogen) atoms. The molecule has 2 aromatic carbocycles. The molecule has 0 aromatic heterocycles. The van der Waals surface area contributed by atoms with Gasteiger partial charge in [-0.05, 0) is 48.7 Å². The minimum atomic E-state index is -3.76. The summed E-state index contributed by atoms with van der Waals surface area (Å²) in [5, 5.41) is 0.499. The maximum absolute atomic E-state index is 12.4. The summed E-state index contributed by atoms with van der Waals surface area (Å²) in [7, 11) is -3.76. The van der Waals surface area contributed by atoms with E-state index in [1.807, 2.05) is 24.3 Å². The third-order valence-electron chi connectivity index (χ3n) is 4.04. The Morgan fingerprint density at radius 2 is 2.00 bits per heavy atom. The number of carbonyl (C=O) groups excluding carboxylic acids is 1. The highest BCUT2D eigenvalue weighted by molar-refractivity contribution is 7.89. The largest absolute Gasteiger partial charge is 0.311 e. The van der Waals surface area contributed by atoms with E-state index >= 15 is 0 Å². The fourth-order valence-corrected chi connectivity index (χ4v) is 3.89. The lowest BCUT2D eigenvalue weighted by atomic mass is 10.2. The van der Waals surface area contributed by atoms with Gasteiger partial charge in [0.25, 0.3) is 0 Å². The lowest BCUT2D eigenvalue weighted by Crippen LogP contribution is -2.39. The van der Waals surface area contributed by atoms with Crippen molar-refractivity contribution in [2.75, 3.05) is 18.0 Å². The molecule has 1 aliphatic heterocycles. The van der Waals surface area contributed by atoms with Gasteiger partial charge in [-0.2, -0.15) is 0 Å². The zero-order chi connectivity index (χ0) is 17.3. The number of anilines is 1. The fourth-order valence-electron chi connectivity index (χ4n) is 2.72. The zero-order valence-corrected chi connectivity index (χ0v) is 14.7. The molecule has 7 heteroatoms. The second kappa shape index (κ2) is 6.55. The van der Waals surface area contributed by atoms with Crippen LogP contribution in [-0.2, 0) is 21.2 Å².